The summed E-state index contributed by atoms with van der Waals surface area (Å²) in [5, 5.41) is 6.45. The monoisotopic (exact) mass is 380 g/mol. The maximum absolute atomic E-state index is 11.3. The van der Waals surface area contributed by atoms with Gasteiger partial charge in [0.2, 0.25) is 0 Å². The topological polar surface area (TPSA) is 108 Å². The average Bonchev–Trinajstić information content (AvgIpc) is 3.02. The van der Waals surface area contributed by atoms with Crippen molar-refractivity contribution in [1.29, 1.82) is 0 Å². The number of hydrogen-bond acceptors (Lipinski definition) is 8. The first-order valence-electron chi connectivity index (χ1n) is 8.12. The predicted octanol–water partition coefficient (Wildman–Crippen LogP) is 3.62. The van der Waals surface area contributed by atoms with Crippen molar-refractivity contribution in [1.82, 2.24) is 19.7 Å². The summed E-state index contributed by atoms with van der Waals surface area (Å²) in [6, 6.07) is 15.1. The zero-order valence-corrected chi connectivity index (χ0v) is 15.1. The normalized spacial score (nSPS) is 10.9. The first-order valence-corrected chi connectivity index (χ1v) is 8.94. The molecule has 0 bridgehead atoms. The summed E-state index contributed by atoms with van der Waals surface area (Å²) in [6.07, 6.45) is 1.48. The fourth-order valence-corrected chi connectivity index (χ4v) is 3.14. The zero-order valence-electron chi connectivity index (χ0n) is 14.3. The van der Waals surface area contributed by atoms with Gasteiger partial charge in [-0.15, -0.1) is 0 Å². The first-order chi connectivity index (χ1) is 13.2. The molecule has 0 aliphatic heterocycles. The van der Waals surface area contributed by atoms with Crippen molar-refractivity contribution in [3.63, 3.8) is 0 Å². The van der Waals surface area contributed by atoms with Gasteiger partial charge in [0, 0.05) is 28.4 Å². The van der Waals surface area contributed by atoms with Gasteiger partial charge in [-0.05, 0) is 49.3 Å². The van der Waals surface area contributed by atoms with E-state index < -0.39 is 5.76 Å². The van der Waals surface area contributed by atoms with Gasteiger partial charge in [-0.1, -0.05) is 6.07 Å². The van der Waals surface area contributed by atoms with E-state index in [0.717, 1.165) is 16.3 Å². The van der Waals surface area contributed by atoms with Crippen molar-refractivity contribution in [3.05, 3.63) is 65.4 Å². The number of fused-ring (bicyclic) bond motifs is 1. The summed E-state index contributed by atoms with van der Waals surface area (Å²) < 4.78 is 8.13. The molecule has 0 amide bonds. The summed E-state index contributed by atoms with van der Waals surface area (Å²) in [6.45, 7) is 0. The Bertz CT molecular complexity index is 1140. The Hall–Kier alpha value is -3.30. The summed E-state index contributed by atoms with van der Waals surface area (Å²) in [5.41, 5.74) is 2.81. The number of hydrogen-bond donors (Lipinski definition) is 4. The molecule has 27 heavy (non-hydrogen) atoms. The largest absolute Gasteiger partial charge is 0.417 e. The van der Waals surface area contributed by atoms with Crippen LogP contribution in [0.1, 0.15) is 0 Å². The van der Waals surface area contributed by atoms with Crippen LogP contribution in [-0.4, -0.2) is 22.0 Å². The van der Waals surface area contributed by atoms with Gasteiger partial charge in [-0.3, -0.25) is 9.71 Å². The van der Waals surface area contributed by atoms with E-state index in [4.69, 9.17) is 4.42 Å². The predicted molar refractivity (Wildman–Crippen MR) is 107 cm³/mol. The van der Waals surface area contributed by atoms with Crippen molar-refractivity contribution >= 4 is 46.1 Å². The highest BCUT2D eigenvalue weighted by Gasteiger charge is 2.05. The highest BCUT2D eigenvalue weighted by Crippen LogP contribution is 2.24. The van der Waals surface area contributed by atoms with Crippen molar-refractivity contribution in [3.8, 4) is 0 Å². The van der Waals surface area contributed by atoms with Crippen LogP contribution in [0.4, 0.5) is 23.0 Å². The molecule has 0 spiro atoms. The number of aromatic nitrogens is 3. The lowest BCUT2D eigenvalue weighted by Gasteiger charge is -2.09. The molecule has 0 saturated heterocycles. The Kier molecular flexibility index (Phi) is 4.77. The number of aromatic amines is 1. The zero-order chi connectivity index (χ0) is 18.6. The summed E-state index contributed by atoms with van der Waals surface area (Å²) in [5.74, 6) is 0.799. The molecule has 4 N–H and O–H groups in total. The van der Waals surface area contributed by atoms with Gasteiger partial charge in [-0.25, -0.2) is 14.8 Å². The van der Waals surface area contributed by atoms with Gasteiger partial charge in [-0.2, -0.15) is 0 Å². The van der Waals surface area contributed by atoms with Gasteiger partial charge in [0.25, 0.3) is 0 Å². The number of oxazole rings is 1. The minimum Gasteiger partial charge on any atom is -0.408 e. The third kappa shape index (κ3) is 4.10. The van der Waals surface area contributed by atoms with Crippen molar-refractivity contribution in [2.45, 2.75) is 4.90 Å². The Morgan fingerprint density at radius 1 is 1.00 bits per heavy atom. The second-order valence-corrected chi connectivity index (χ2v) is 6.68. The van der Waals surface area contributed by atoms with E-state index in [0.29, 0.717) is 22.7 Å². The molecule has 0 atom stereocenters. The van der Waals surface area contributed by atoms with Gasteiger partial charge in [0.05, 0.1) is 5.52 Å². The van der Waals surface area contributed by atoms with Crippen molar-refractivity contribution in [2.24, 2.45) is 0 Å². The van der Waals surface area contributed by atoms with E-state index in [1.54, 1.807) is 18.2 Å². The van der Waals surface area contributed by atoms with Crippen LogP contribution in [0.3, 0.4) is 0 Å². The number of H-pyrrole nitrogens is 1. The number of nitrogens with zero attached hydrogens (tertiary/aromatic N) is 2. The summed E-state index contributed by atoms with van der Waals surface area (Å²) >= 11 is 1.54. The SMILES string of the molecule is CNSc1cccc(Nc2cc(Nc3ccc4[nH]c(=O)oc4c3)ncn2)c1. The third-order valence-electron chi connectivity index (χ3n) is 3.69. The highest BCUT2D eigenvalue weighted by molar-refractivity contribution is 7.97. The molecule has 136 valence electrons. The Morgan fingerprint density at radius 3 is 2.56 bits per heavy atom. The molecule has 0 radical (unpaired) electrons. The fourth-order valence-electron chi connectivity index (χ4n) is 2.57. The Labute approximate surface area is 158 Å². The lowest BCUT2D eigenvalue weighted by Crippen LogP contribution is -1.99. The Morgan fingerprint density at radius 2 is 1.78 bits per heavy atom. The van der Waals surface area contributed by atoms with Crippen LogP contribution in [0.5, 0.6) is 0 Å². The number of benzene rings is 2. The Balaban J connectivity index is 1.53. The maximum Gasteiger partial charge on any atom is 0.417 e. The minimum atomic E-state index is -0.477. The molecular formula is C18H16N6O2S. The van der Waals surface area contributed by atoms with Crippen LogP contribution < -0.4 is 21.1 Å². The van der Waals surface area contributed by atoms with E-state index in [2.05, 4.69) is 30.3 Å². The smallest absolute Gasteiger partial charge is 0.408 e. The molecule has 4 aromatic rings. The van der Waals surface area contributed by atoms with Gasteiger partial charge in [0.1, 0.15) is 18.0 Å². The highest BCUT2D eigenvalue weighted by atomic mass is 32.2. The van der Waals surface area contributed by atoms with E-state index in [9.17, 15) is 4.79 Å². The van der Waals surface area contributed by atoms with Gasteiger partial charge >= 0.3 is 5.76 Å². The fraction of sp³-hybridized carbons (Fsp3) is 0.0556. The molecule has 0 fully saturated rings. The molecule has 2 aromatic heterocycles. The minimum absolute atomic E-state index is 0.477. The first kappa shape index (κ1) is 17.1. The van der Waals surface area contributed by atoms with Crippen LogP contribution in [0.2, 0.25) is 0 Å². The third-order valence-corrected chi connectivity index (χ3v) is 4.38. The van der Waals surface area contributed by atoms with E-state index in [-0.39, 0.29) is 0 Å². The summed E-state index contributed by atoms with van der Waals surface area (Å²) in [4.78, 5) is 23.5. The lowest BCUT2D eigenvalue weighted by molar-refractivity contribution is 0.555. The molecule has 4 rings (SSSR count). The molecule has 0 aliphatic rings. The van der Waals surface area contributed by atoms with E-state index >= 15 is 0 Å². The molecule has 0 saturated carbocycles. The molecule has 9 heteroatoms. The quantitative estimate of drug-likeness (QED) is 0.376. The van der Waals surface area contributed by atoms with Crippen LogP contribution in [0.15, 0.2) is 69.0 Å². The van der Waals surface area contributed by atoms with Crippen LogP contribution >= 0.6 is 11.9 Å². The van der Waals surface area contributed by atoms with Crippen molar-refractivity contribution < 1.29 is 4.42 Å². The standard InChI is InChI=1S/C18H16N6O2S/c1-19-27-13-4-2-3-11(7-13)22-16-9-17(21-10-20-16)23-12-5-6-14-15(8-12)26-18(25)24-14/h2-10,19H,1H3,(H,24,25)(H2,20,21,22,23). The molecule has 2 heterocycles. The second kappa shape index (κ2) is 7.52. The number of nitrogens with one attached hydrogen (secondary N) is 4. The summed E-state index contributed by atoms with van der Waals surface area (Å²) in [7, 11) is 1.88. The number of rotatable bonds is 6. The molecule has 0 aliphatic carbocycles. The molecular weight excluding hydrogens is 364 g/mol. The van der Waals surface area contributed by atoms with Crippen LogP contribution in [-0.2, 0) is 0 Å². The van der Waals surface area contributed by atoms with Crippen molar-refractivity contribution in [2.75, 3.05) is 17.7 Å². The lowest BCUT2D eigenvalue weighted by atomic mass is 10.3. The average molecular weight is 380 g/mol. The van der Waals surface area contributed by atoms with Crippen LogP contribution in [0, 0.1) is 0 Å². The van der Waals surface area contributed by atoms with Gasteiger partial charge < -0.3 is 15.1 Å². The van der Waals surface area contributed by atoms with E-state index in [1.807, 2.05) is 37.4 Å². The van der Waals surface area contributed by atoms with E-state index in [1.165, 1.54) is 18.3 Å². The molecule has 0 unspecified atom stereocenters. The maximum atomic E-state index is 11.3. The number of anilines is 4. The van der Waals surface area contributed by atoms with Gasteiger partial charge in [0.15, 0.2) is 5.58 Å². The second-order valence-electron chi connectivity index (χ2n) is 5.60. The van der Waals surface area contributed by atoms with Crippen LogP contribution in [0.25, 0.3) is 11.1 Å². The molecule has 8 nitrogen and oxygen atoms in total. The molecule has 2 aromatic carbocycles.